The van der Waals surface area contributed by atoms with Crippen molar-refractivity contribution >= 4 is 17.8 Å². The van der Waals surface area contributed by atoms with Crippen molar-refractivity contribution in [3.8, 4) is 5.75 Å². The molecular formula is C21H25N3O4. The number of ether oxygens (including phenoxy) is 1. The zero-order valence-electron chi connectivity index (χ0n) is 16.0. The van der Waals surface area contributed by atoms with Crippen molar-refractivity contribution in [1.29, 1.82) is 0 Å². The molecule has 1 N–H and O–H groups in total. The van der Waals surface area contributed by atoms with Crippen molar-refractivity contribution in [2.24, 2.45) is 5.10 Å². The lowest BCUT2D eigenvalue weighted by molar-refractivity contribution is -0.384. The number of carbonyl (C=O) groups excluding carboxylic acids is 1. The van der Waals surface area contributed by atoms with Crippen LogP contribution in [-0.4, -0.2) is 23.7 Å². The van der Waals surface area contributed by atoms with Gasteiger partial charge in [0.2, 0.25) is 0 Å². The Bertz CT molecular complexity index is 786. The first kappa shape index (κ1) is 21.1. The van der Waals surface area contributed by atoms with Gasteiger partial charge in [-0.25, -0.2) is 5.43 Å². The number of carbonyl (C=O) groups is 1. The van der Waals surface area contributed by atoms with Gasteiger partial charge in [-0.05, 0) is 48.4 Å². The third-order valence-electron chi connectivity index (χ3n) is 4.12. The topological polar surface area (TPSA) is 93.8 Å². The molecule has 0 unspecified atom stereocenters. The number of nitrogens with one attached hydrogen (secondary N) is 1. The number of nitro benzene ring substituents is 1. The van der Waals surface area contributed by atoms with Gasteiger partial charge in [0.05, 0.1) is 17.7 Å². The summed E-state index contributed by atoms with van der Waals surface area (Å²) in [7, 11) is 0. The van der Waals surface area contributed by atoms with E-state index < -0.39 is 10.8 Å². The second-order valence-electron chi connectivity index (χ2n) is 6.33. The molecule has 2 aromatic rings. The minimum absolute atomic E-state index is 0.0664. The van der Waals surface area contributed by atoms with E-state index in [4.69, 9.17) is 4.74 Å². The van der Waals surface area contributed by atoms with Gasteiger partial charge in [-0.3, -0.25) is 14.9 Å². The molecule has 7 nitrogen and oxygen atoms in total. The van der Waals surface area contributed by atoms with Gasteiger partial charge in [-0.2, -0.15) is 5.10 Å². The van der Waals surface area contributed by atoms with Crippen LogP contribution in [0.1, 0.15) is 54.9 Å². The fourth-order valence-corrected chi connectivity index (χ4v) is 2.51. The van der Waals surface area contributed by atoms with Crippen molar-refractivity contribution in [1.82, 2.24) is 5.43 Å². The summed E-state index contributed by atoms with van der Waals surface area (Å²) in [6.45, 7) is 2.91. The molecule has 148 valence electrons. The summed E-state index contributed by atoms with van der Waals surface area (Å²) in [6.07, 6.45) is 7.52. The van der Waals surface area contributed by atoms with E-state index in [1.807, 2.05) is 24.3 Å². The Kier molecular flexibility index (Phi) is 8.65. The van der Waals surface area contributed by atoms with Crippen LogP contribution in [0.2, 0.25) is 0 Å². The molecule has 0 fully saturated rings. The molecule has 7 heteroatoms. The van der Waals surface area contributed by atoms with E-state index in [9.17, 15) is 14.9 Å². The maximum absolute atomic E-state index is 12.0. The minimum atomic E-state index is -0.514. The first-order chi connectivity index (χ1) is 13.6. The summed E-state index contributed by atoms with van der Waals surface area (Å²) >= 11 is 0. The van der Waals surface area contributed by atoms with Crippen molar-refractivity contribution < 1.29 is 14.5 Å². The van der Waals surface area contributed by atoms with Crippen LogP contribution < -0.4 is 10.2 Å². The number of amides is 1. The Hall–Kier alpha value is -3.22. The second kappa shape index (κ2) is 11.5. The van der Waals surface area contributed by atoms with Gasteiger partial charge in [-0.15, -0.1) is 0 Å². The standard InChI is InChI=1S/C21H25N3O4/c1-2-3-4-5-6-15-28-20-13-7-17(8-14-20)16-22-23-21(25)18-9-11-19(12-10-18)24(26)27/h7-14,16H,2-6,15H2,1H3,(H,23,25)/b22-16+. The first-order valence-corrected chi connectivity index (χ1v) is 9.41. The van der Waals surface area contributed by atoms with E-state index in [1.54, 1.807) is 0 Å². The molecule has 0 aliphatic heterocycles. The quantitative estimate of drug-likeness (QED) is 0.263. The Morgan fingerprint density at radius 3 is 2.39 bits per heavy atom. The van der Waals surface area contributed by atoms with Crippen LogP contribution in [0.3, 0.4) is 0 Å². The normalized spacial score (nSPS) is 10.8. The molecule has 0 bridgehead atoms. The third-order valence-corrected chi connectivity index (χ3v) is 4.12. The fraction of sp³-hybridized carbons (Fsp3) is 0.333. The fourth-order valence-electron chi connectivity index (χ4n) is 2.51. The highest BCUT2D eigenvalue weighted by Gasteiger charge is 2.08. The number of nitro groups is 1. The van der Waals surface area contributed by atoms with Crippen LogP contribution in [0.5, 0.6) is 5.75 Å². The summed E-state index contributed by atoms with van der Waals surface area (Å²) in [5.41, 5.74) is 3.45. The summed E-state index contributed by atoms with van der Waals surface area (Å²) in [5.74, 6) is 0.372. The Labute approximate surface area is 164 Å². The minimum Gasteiger partial charge on any atom is -0.494 e. The van der Waals surface area contributed by atoms with Crippen LogP contribution in [0, 0.1) is 10.1 Å². The third kappa shape index (κ3) is 7.19. The van der Waals surface area contributed by atoms with Crippen molar-refractivity contribution in [3.63, 3.8) is 0 Å². The van der Waals surface area contributed by atoms with Gasteiger partial charge >= 0.3 is 0 Å². The Balaban J connectivity index is 1.76. The number of unbranched alkanes of at least 4 members (excludes halogenated alkanes) is 4. The second-order valence-corrected chi connectivity index (χ2v) is 6.33. The van der Waals surface area contributed by atoms with Crippen molar-refractivity contribution in [2.45, 2.75) is 39.0 Å². The van der Waals surface area contributed by atoms with Crippen LogP contribution in [0.15, 0.2) is 53.6 Å². The molecule has 2 rings (SSSR count). The van der Waals surface area contributed by atoms with Gasteiger partial charge < -0.3 is 4.74 Å². The van der Waals surface area contributed by atoms with Gasteiger partial charge in [0.25, 0.3) is 11.6 Å². The predicted molar refractivity (Wildman–Crippen MR) is 109 cm³/mol. The molecule has 0 atom stereocenters. The molecule has 0 saturated carbocycles. The lowest BCUT2D eigenvalue weighted by Gasteiger charge is -2.06. The van der Waals surface area contributed by atoms with Crippen molar-refractivity contribution in [3.05, 3.63) is 69.8 Å². The summed E-state index contributed by atoms with van der Waals surface area (Å²) in [5, 5.41) is 14.5. The number of hydrazone groups is 1. The van der Waals surface area contributed by atoms with E-state index in [1.165, 1.54) is 56.2 Å². The number of rotatable bonds is 11. The van der Waals surface area contributed by atoms with Gasteiger partial charge in [0.15, 0.2) is 0 Å². The van der Waals surface area contributed by atoms with Crippen LogP contribution in [0.25, 0.3) is 0 Å². The number of benzene rings is 2. The van der Waals surface area contributed by atoms with Crippen LogP contribution in [-0.2, 0) is 0 Å². The highest BCUT2D eigenvalue weighted by molar-refractivity contribution is 5.95. The molecular weight excluding hydrogens is 358 g/mol. The molecule has 0 aliphatic carbocycles. The Morgan fingerprint density at radius 2 is 1.75 bits per heavy atom. The molecule has 0 aliphatic rings. The predicted octanol–water partition coefficient (Wildman–Crippen LogP) is 4.71. The molecule has 28 heavy (non-hydrogen) atoms. The number of nitrogens with zero attached hydrogens (tertiary/aromatic N) is 2. The number of hydrogen-bond donors (Lipinski definition) is 1. The smallest absolute Gasteiger partial charge is 0.271 e. The first-order valence-electron chi connectivity index (χ1n) is 9.41. The largest absolute Gasteiger partial charge is 0.494 e. The molecule has 0 radical (unpaired) electrons. The lowest BCUT2D eigenvalue weighted by Crippen LogP contribution is -2.17. The van der Waals surface area contributed by atoms with Crippen LogP contribution >= 0.6 is 0 Å². The number of hydrogen-bond acceptors (Lipinski definition) is 5. The summed E-state index contributed by atoms with van der Waals surface area (Å²) in [4.78, 5) is 22.1. The number of non-ortho nitro benzene ring substituents is 1. The zero-order chi connectivity index (χ0) is 20.2. The van der Waals surface area contributed by atoms with Crippen molar-refractivity contribution in [2.75, 3.05) is 6.61 Å². The monoisotopic (exact) mass is 383 g/mol. The molecule has 0 saturated heterocycles. The highest BCUT2D eigenvalue weighted by Crippen LogP contribution is 2.13. The Morgan fingerprint density at radius 1 is 1.07 bits per heavy atom. The SMILES string of the molecule is CCCCCCCOc1ccc(/C=N/NC(=O)c2ccc([N+](=O)[O-])cc2)cc1. The molecule has 0 spiro atoms. The van der Waals surface area contributed by atoms with Crippen LogP contribution in [0.4, 0.5) is 5.69 Å². The molecule has 1 amide bonds. The average molecular weight is 383 g/mol. The maximum atomic E-state index is 12.0. The summed E-state index contributed by atoms with van der Waals surface area (Å²) in [6, 6.07) is 12.8. The average Bonchev–Trinajstić information content (AvgIpc) is 2.71. The van der Waals surface area contributed by atoms with Gasteiger partial charge in [-0.1, -0.05) is 32.6 Å². The van der Waals surface area contributed by atoms with E-state index in [0.29, 0.717) is 12.2 Å². The highest BCUT2D eigenvalue weighted by atomic mass is 16.6. The van der Waals surface area contributed by atoms with E-state index >= 15 is 0 Å². The molecule has 0 aromatic heterocycles. The summed E-state index contributed by atoms with van der Waals surface area (Å²) < 4.78 is 5.71. The lowest BCUT2D eigenvalue weighted by atomic mass is 10.2. The van der Waals surface area contributed by atoms with E-state index in [-0.39, 0.29) is 5.69 Å². The molecule has 2 aromatic carbocycles. The maximum Gasteiger partial charge on any atom is 0.271 e. The van der Waals surface area contributed by atoms with E-state index in [0.717, 1.165) is 17.7 Å². The molecule has 0 heterocycles. The zero-order valence-corrected chi connectivity index (χ0v) is 16.0. The van der Waals surface area contributed by atoms with E-state index in [2.05, 4.69) is 17.5 Å². The van der Waals surface area contributed by atoms with Gasteiger partial charge in [0, 0.05) is 17.7 Å². The van der Waals surface area contributed by atoms with Gasteiger partial charge in [0.1, 0.15) is 5.75 Å².